The monoisotopic (exact) mass is 250 g/mol. The van der Waals surface area contributed by atoms with Gasteiger partial charge < -0.3 is 15.2 Å². The Kier molecular flexibility index (Phi) is 4.75. The lowest BCUT2D eigenvalue weighted by molar-refractivity contribution is -0.122. The normalized spacial score (nSPS) is 14.7. The van der Waals surface area contributed by atoms with Gasteiger partial charge in [-0.2, -0.15) is 0 Å². The Morgan fingerprint density at radius 3 is 3.06 bits per heavy atom. The number of imidazole rings is 1. The molecule has 1 fully saturated rings. The molecule has 0 saturated heterocycles. The molecule has 1 heterocycles. The first kappa shape index (κ1) is 13.1. The van der Waals surface area contributed by atoms with E-state index in [1.807, 2.05) is 12.4 Å². The van der Waals surface area contributed by atoms with Crippen LogP contribution in [-0.2, 0) is 17.9 Å². The van der Waals surface area contributed by atoms with Crippen molar-refractivity contribution in [2.45, 2.75) is 39.3 Å². The summed E-state index contributed by atoms with van der Waals surface area (Å²) in [4.78, 5) is 15.7. The summed E-state index contributed by atoms with van der Waals surface area (Å²) < 4.78 is 2.16. The van der Waals surface area contributed by atoms with Crippen LogP contribution >= 0.6 is 0 Å². The molecule has 0 aromatic carbocycles. The van der Waals surface area contributed by atoms with Gasteiger partial charge in [0, 0.05) is 37.9 Å². The first-order chi connectivity index (χ1) is 8.81. The number of nitrogens with zero attached hydrogens (tertiary/aromatic N) is 2. The average molecular weight is 250 g/mol. The van der Waals surface area contributed by atoms with Crippen molar-refractivity contribution in [3.05, 3.63) is 18.2 Å². The largest absolute Gasteiger partial charge is 0.355 e. The van der Waals surface area contributed by atoms with Crippen LogP contribution in [0.5, 0.6) is 0 Å². The lowest BCUT2D eigenvalue weighted by atomic mass is 10.4. The molecule has 0 spiro atoms. The summed E-state index contributed by atoms with van der Waals surface area (Å²) in [5, 5.41) is 6.24. The van der Waals surface area contributed by atoms with Crippen molar-refractivity contribution in [1.29, 1.82) is 0 Å². The summed E-state index contributed by atoms with van der Waals surface area (Å²) in [6, 6.07) is 0. The van der Waals surface area contributed by atoms with E-state index in [1.54, 1.807) is 0 Å². The highest BCUT2D eigenvalue weighted by molar-refractivity contribution is 5.80. The van der Waals surface area contributed by atoms with Crippen LogP contribution in [-0.4, -0.2) is 28.5 Å². The van der Waals surface area contributed by atoms with Gasteiger partial charge in [0.25, 0.3) is 0 Å². The molecule has 0 bridgehead atoms. The maximum Gasteiger partial charge on any atom is 0.223 e. The van der Waals surface area contributed by atoms with E-state index in [9.17, 15) is 4.79 Å². The minimum atomic E-state index is 0.212. The lowest BCUT2D eigenvalue weighted by Crippen LogP contribution is -2.32. The highest BCUT2D eigenvalue weighted by atomic mass is 16.2. The number of amides is 1. The van der Waals surface area contributed by atoms with Crippen LogP contribution in [0.4, 0.5) is 0 Å². The molecule has 0 radical (unpaired) electrons. The molecule has 2 rings (SSSR count). The van der Waals surface area contributed by atoms with Gasteiger partial charge in [-0.25, -0.2) is 4.98 Å². The molecule has 0 unspecified atom stereocenters. The molecule has 1 saturated carbocycles. The van der Waals surface area contributed by atoms with Gasteiger partial charge in [-0.1, -0.05) is 6.92 Å². The van der Waals surface area contributed by atoms with Crippen molar-refractivity contribution in [2.75, 3.05) is 13.1 Å². The summed E-state index contributed by atoms with van der Waals surface area (Å²) in [7, 11) is 0. The maximum atomic E-state index is 11.4. The van der Waals surface area contributed by atoms with Gasteiger partial charge in [0.15, 0.2) is 0 Å². The second-order valence-corrected chi connectivity index (χ2v) is 4.78. The van der Waals surface area contributed by atoms with Crippen molar-refractivity contribution < 1.29 is 4.79 Å². The van der Waals surface area contributed by atoms with Gasteiger partial charge >= 0.3 is 0 Å². The molecule has 0 aliphatic heterocycles. The van der Waals surface area contributed by atoms with Crippen molar-refractivity contribution in [3.63, 3.8) is 0 Å². The molecule has 2 N–H and O–H groups in total. The molecule has 18 heavy (non-hydrogen) atoms. The van der Waals surface area contributed by atoms with E-state index in [1.165, 1.54) is 0 Å². The Bertz CT molecular complexity index is 384. The Morgan fingerprint density at radius 1 is 1.50 bits per heavy atom. The predicted molar refractivity (Wildman–Crippen MR) is 70.0 cm³/mol. The third kappa shape index (κ3) is 3.84. The van der Waals surface area contributed by atoms with Crippen LogP contribution in [0.25, 0.3) is 0 Å². The molecular formula is C13H22N4O. The van der Waals surface area contributed by atoms with Crippen LogP contribution < -0.4 is 10.6 Å². The van der Waals surface area contributed by atoms with E-state index in [0.29, 0.717) is 12.5 Å². The number of carbonyl (C=O) groups is 1. The summed E-state index contributed by atoms with van der Waals surface area (Å²) in [5.74, 6) is 1.57. The number of carbonyl (C=O) groups excluding carboxylic acids is 1. The van der Waals surface area contributed by atoms with Gasteiger partial charge in [-0.05, 0) is 19.3 Å². The van der Waals surface area contributed by atoms with Gasteiger partial charge in [-0.15, -0.1) is 0 Å². The SMILES string of the molecule is CCCn1ccnc1CNCCNC(=O)C1CC1. The minimum Gasteiger partial charge on any atom is -0.355 e. The quantitative estimate of drug-likeness (QED) is 0.674. The maximum absolute atomic E-state index is 11.4. The highest BCUT2D eigenvalue weighted by Gasteiger charge is 2.28. The van der Waals surface area contributed by atoms with E-state index in [0.717, 1.165) is 44.7 Å². The standard InChI is InChI=1S/C13H22N4O/c1-2-8-17-9-7-15-12(17)10-14-5-6-16-13(18)11-3-4-11/h7,9,11,14H,2-6,8,10H2,1H3,(H,16,18). The fraction of sp³-hybridized carbons (Fsp3) is 0.692. The summed E-state index contributed by atoms with van der Waals surface area (Å²) in [5.41, 5.74) is 0. The molecule has 1 aliphatic carbocycles. The molecular weight excluding hydrogens is 228 g/mol. The first-order valence-electron chi connectivity index (χ1n) is 6.79. The number of nitrogens with one attached hydrogen (secondary N) is 2. The van der Waals surface area contributed by atoms with Crippen LogP contribution in [0.1, 0.15) is 32.0 Å². The zero-order chi connectivity index (χ0) is 12.8. The van der Waals surface area contributed by atoms with Crippen LogP contribution in [0.2, 0.25) is 0 Å². The third-order valence-electron chi connectivity index (χ3n) is 3.10. The fourth-order valence-electron chi connectivity index (χ4n) is 1.92. The van der Waals surface area contributed by atoms with Crippen LogP contribution in [0.15, 0.2) is 12.4 Å². The lowest BCUT2D eigenvalue weighted by Gasteiger charge is -2.08. The second-order valence-electron chi connectivity index (χ2n) is 4.78. The molecule has 5 nitrogen and oxygen atoms in total. The zero-order valence-corrected chi connectivity index (χ0v) is 11.0. The van der Waals surface area contributed by atoms with Gasteiger partial charge in [0.1, 0.15) is 5.82 Å². The van der Waals surface area contributed by atoms with E-state index in [4.69, 9.17) is 0 Å². The Labute approximate surface area is 108 Å². The number of rotatable bonds is 8. The van der Waals surface area contributed by atoms with Crippen LogP contribution in [0.3, 0.4) is 0 Å². The van der Waals surface area contributed by atoms with E-state index in [-0.39, 0.29) is 5.91 Å². The Balaban J connectivity index is 1.59. The molecule has 1 amide bonds. The molecule has 0 atom stereocenters. The predicted octanol–water partition coefficient (Wildman–Crippen LogP) is 0.909. The third-order valence-corrected chi connectivity index (χ3v) is 3.10. The van der Waals surface area contributed by atoms with Gasteiger partial charge in [0.05, 0.1) is 6.54 Å². The fourth-order valence-corrected chi connectivity index (χ4v) is 1.92. The summed E-state index contributed by atoms with van der Waals surface area (Å²) in [6.07, 6.45) is 7.08. The summed E-state index contributed by atoms with van der Waals surface area (Å²) >= 11 is 0. The molecule has 1 aromatic rings. The topological polar surface area (TPSA) is 59.0 Å². The molecule has 1 aromatic heterocycles. The summed E-state index contributed by atoms with van der Waals surface area (Å²) in [6.45, 7) is 5.41. The zero-order valence-electron chi connectivity index (χ0n) is 11.0. The number of hydrogen-bond donors (Lipinski definition) is 2. The highest BCUT2D eigenvalue weighted by Crippen LogP contribution is 2.28. The van der Waals surface area contributed by atoms with Gasteiger partial charge in [-0.3, -0.25) is 4.79 Å². The first-order valence-corrected chi connectivity index (χ1v) is 6.79. The number of aryl methyl sites for hydroxylation is 1. The Morgan fingerprint density at radius 2 is 2.33 bits per heavy atom. The van der Waals surface area contributed by atoms with Crippen molar-refractivity contribution >= 4 is 5.91 Å². The van der Waals surface area contributed by atoms with Crippen LogP contribution in [0, 0.1) is 5.92 Å². The molecule has 1 aliphatic rings. The minimum absolute atomic E-state index is 0.212. The van der Waals surface area contributed by atoms with Crippen molar-refractivity contribution in [1.82, 2.24) is 20.2 Å². The average Bonchev–Trinajstić information content (AvgIpc) is 3.13. The van der Waals surface area contributed by atoms with E-state index < -0.39 is 0 Å². The van der Waals surface area contributed by atoms with Gasteiger partial charge in [0.2, 0.25) is 5.91 Å². The van der Waals surface area contributed by atoms with E-state index >= 15 is 0 Å². The number of aromatic nitrogens is 2. The van der Waals surface area contributed by atoms with Crippen molar-refractivity contribution in [3.8, 4) is 0 Å². The molecule has 5 heteroatoms. The smallest absolute Gasteiger partial charge is 0.223 e. The number of hydrogen-bond acceptors (Lipinski definition) is 3. The molecule has 100 valence electrons. The Hall–Kier alpha value is -1.36. The second kappa shape index (κ2) is 6.54. The van der Waals surface area contributed by atoms with Crippen molar-refractivity contribution in [2.24, 2.45) is 5.92 Å². The van der Waals surface area contributed by atoms with E-state index in [2.05, 4.69) is 27.1 Å².